The largest absolute Gasteiger partial charge is 0.309 e. The number of nitrogens with zero attached hydrogens (tertiary/aromatic N) is 1. The van der Waals surface area contributed by atoms with Crippen LogP contribution < -0.4 is 5.32 Å². The number of aromatic nitrogens is 1. The van der Waals surface area contributed by atoms with Crippen molar-refractivity contribution in [2.45, 2.75) is 6.04 Å². The SMILES string of the molecule is CNC(c1cccnc1)c1cc2ccccc2s1. The van der Waals surface area contributed by atoms with Crippen molar-refractivity contribution in [1.82, 2.24) is 10.3 Å². The highest BCUT2D eigenvalue weighted by molar-refractivity contribution is 7.19. The summed E-state index contributed by atoms with van der Waals surface area (Å²) in [6.07, 6.45) is 3.73. The number of nitrogens with one attached hydrogen (secondary N) is 1. The molecule has 0 saturated carbocycles. The number of hydrogen-bond donors (Lipinski definition) is 1. The Morgan fingerprint density at radius 3 is 2.78 bits per heavy atom. The second-order valence-electron chi connectivity index (χ2n) is 4.19. The molecule has 2 heterocycles. The van der Waals surface area contributed by atoms with Gasteiger partial charge in [0.1, 0.15) is 0 Å². The minimum absolute atomic E-state index is 0.219. The van der Waals surface area contributed by atoms with E-state index in [0.717, 1.165) is 0 Å². The predicted molar refractivity (Wildman–Crippen MR) is 77.0 cm³/mol. The number of hydrogen-bond acceptors (Lipinski definition) is 3. The van der Waals surface area contributed by atoms with Crippen LogP contribution in [0.5, 0.6) is 0 Å². The fraction of sp³-hybridized carbons (Fsp3) is 0.133. The number of fused-ring (bicyclic) bond motifs is 1. The Kier molecular flexibility index (Phi) is 3.09. The summed E-state index contributed by atoms with van der Waals surface area (Å²) in [5, 5.41) is 4.67. The van der Waals surface area contributed by atoms with Crippen LogP contribution in [0.3, 0.4) is 0 Å². The lowest BCUT2D eigenvalue weighted by Crippen LogP contribution is -2.16. The molecule has 2 nitrogen and oxygen atoms in total. The highest BCUT2D eigenvalue weighted by Gasteiger charge is 2.14. The maximum atomic E-state index is 4.20. The lowest BCUT2D eigenvalue weighted by Gasteiger charge is -2.13. The van der Waals surface area contributed by atoms with Crippen LogP contribution in [-0.4, -0.2) is 12.0 Å². The minimum Gasteiger partial charge on any atom is -0.309 e. The van der Waals surface area contributed by atoms with Crippen LogP contribution in [0.15, 0.2) is 54.9 Å². The molecule has 0 radical (unpaired) electrons. The van der Waals surface area contributed by atoms with Gasteiger partial charge in [0.05, 0.1) is 6.04 Å². The third-order valence-corrected chi connectivity index (χ3v) is 4.22. The van der Waals surface area contributed by atoms with Gasteiger partial charge in [-0.15, -0.1) is 11.3 Å². The normalized spacial score (nSPS) is 12.7. The van der Waals surface area contributed by atoms with E-state index in [0.29, 0.717) is 0 Å². The first-order chi connectivity index (χ1) is 8.88. The maximum absolute atomic E-state index is 4.20. The average Bonchev–Trinajstić information content (AvgIpc) is 2.84. The summed E-state index contributed by atoms with van der Waals surface area (Å²) in [4.78, 5) is 5.52. The van der Waals surface area contributed by atoms with Crippen LogP contribution in [0.25, 0.3) is 10.1 Å². The van der Waals surface area contributed by atoms with E-state index >= 15 is 0 Å². The highest BCUT2D eigenvalue weighted by atomic mass is 32.1. The molecule has 18 heavy (non-hydrogen) atoms. The zero-order valence-electron chi connectivity index (χ0n) is 10.1. The van der Waals surface area contributed by atoms with E-state index in [1.165, 1.54) is 20.5 Å². The average molecular weight is 254 g/mol. The minimum atomic E-state index is 0.219. The molecule has 0 aliphatic rings. The summed E-state index contributed by atoms with van der Waals surface area (Å²) in [5.74, 6) is 0. The summed E-state index contributed by atoms with van der Waals surface area (Å²) in [7, 11) is 1.99. The van der Waals surface area contributed by atoms with Gasteiger partial charge in [0.2, 0.25) is 0 Å². The summed E-state index contributed by atoms with van der Waals surface area (Å²) in [5.41, 5.74) is 1.20. The van der Waals surface area contributed by atoms with Crippen molar-refractivity contribution in [1.29, 1.82) is 0 Å². The van der Waals surface area contributed by atoms with E-state index < -0.39 is 0 Å². The van der Waals surface area contributed by atoms with E-state index in [-0.39, 0.29) is 6.04 Å². The fourth-order valence-corrected chi connectivity index (χ4v) is 3.37. The van der Waals surface area contributed by atoms with E-state index in [1.807, 2.05) is 30.6 Å². The molecular weight excluding hydrogens is 240 g/mol. The van der Waals surface area contributed by atoms with Crippen molar-refractivity contribution in [3.05, 3.63) is 65.3 Å². The molecule has 3 aromatic rings. The zero-order valence-corrected chi connectivity index (χ0v) is 10.9. The predicted octanol–water partition coefficient (Wildman–Crippen LogP) is 3.61. The second kappa shape index (κ2) is 4.88. The molecule has 0 fully saturated rings. The highest BCUT2D eigenvalue weighted by Crippen LogP contribution is 2.32. The summed E-state index contributed by atoms with van der Waals surface area (Å²) < 4.78 is 1.33. The fourth-order valence-electron chi connectivity index (χ4n) is 2.16. The van der Waals surface area contributed by atoms with Gasteiger partial charge in [0.15, 0.2) is 0 Å². The molecule has 2 aromatic heterocycles. The lowest BCUT2D eigenvalue weighted by atomic mass is 10.1. The van der Waals surface area contributed by atoms with Gasteiger partial charge in [0, 0.05) is 22.0 Å². The molecule has 0 aliphatic heterocycles. The van der Waals surface area contributed by atoms with Crippen molar-refractivity contribution < 1.29 is 0 Å². The van der Waals surface area contributed by atoms with Gasteiger partial charge in [0.25, 0.3) is 0 Å². The third-order valence-electron chi connectivity index (χ3n) is 3.04. The Morgan fingerprint density at radius 2 is 2.06 bits per heavy atom. The Balaban J connectivity index is 2.06. The van der Waals surface area contributed by atoms with E-state index in [1.54, 1.807) is 6.20 Å². The molecule has 3 heteroatoms. The second-order valence-corrected chi connectivity index (χ2v) is 5.31. The number of thiophene rings is 1. The Labute approximate surface area is 110 Å². The van der Waals surface area contributed by atoms with Crippen LogP contribution in [0.2, 0.25) is 0 Å². The van der Waals surface area contributed by atoms with Gasteiger partial charge in [-0.3, -0.25) is 4.98 Å². The molecule has 0 bridgehead atoms. The Bertz CT molecular complexity index is 613. The maximum Gasteiger partial charge on any atom is 0.0684 e. The number of benzene rings is 1. The van der Waals surface area contributed by atoms with Crippen molar-refractivity contribution in [3.8, 4) is 0 Å². The van der Waals surface area contributed by atoms with Crippen molar-refractivity contribution in [3.63, 3.8) is 0 Å². The van der Waals surface area contributed by atoms with Crippen LogP contribution in [0, 0.1) is 0 Å². The molecule has 0 amide bonds. The van der Waals surface area contributed by atoms with Gasteiger partial charge in [-0.05, 0) is 36.2 Å². The van der Waals surface area contributed by atoms with Gasteiger partial charge in [-0.1, -0.05) is 24.3 Å². The van der Waals surface area contributed by atoms with Crippen LogP contribution >= 0.6 is 11.3 Å². The monoisotopic (exact) mass is 254 g/mol. The first-order valence-electron chi connectivity index (χ1n) is 5.94. The molecule has 1 atom stereocenters. The van der Waals surface area contributed by atoms with Crippen molar-refractivity contribution in [2.75, 3.05) is 7.05 Å². The Morgan fingerprint density at radius 1 is 1.17 bits per heavy atom. The molecule has 1 unspecified atom stereocenters. The van der Waals surface area contributed by atoms with Gasteiger partial charge in [-0.25, -0.2) is 0 Å². The van der Waals surface area contributed by atoms with E-state index in [2.05, 4.69) is 46.7 Å². The quantitative estimate of drug-likeness (QED) is 0.772. The number of rotatable bonds is 3. The van der Waals surface area contributed by atoms with Crippen LogP contribution in [0.1, 0.15) is 16.5 Å². The number of pyridine rings is 1. The smallest absolute Gasteiger partial charge is 0.0684 e. The van der Waals surface area contributed by atoms with Crippen LogP contribution in [-0.2, 0) is 0 Å². The summed E-state index contributed by atoms with van der Waals surface area (Å²) in [6.45, 7) is 0. The van der Waals surface area contributed by atoms with Gasteiger partial charge < -0.3 is 5.32 Å². The molecular formula is C15H14N2S. The van der Waals surface area contributed by atoms with Gasteiger partial charge >= 0.3 is 0 Å². The van der Waals surface area contributed by atoms with Crippen LogP contribution in [0.4, 0.5) is 0 Å². The summed E-state index contributed by atoms with van der Waals surface area (Å²) >= 11 is 1.83. The molecule has 0 aliphatic carbocycles. The standard InChI is InChI=1S/C15H14N2S/c1-16-15(12-6-4-8-17-10-12)14-9-11-5-2-3-7-13(11)18-14/h2-10,15-16H,1H3. The molecule has 3 rings (SSSR count). The van der Waals surface area contributed by atoms with Crippen molar-refractivity contribution in [2.24, 2.45) is 0 Å². The van der Waals surface area contributed by atoms with Gasteiger partial charge in [-0.2, -0.15) is 0 Å². The topological polar surface area (TPSA) is 24.9 Å². The van der Waals surface area contributed by atoms with E-state index in [9.17, 15) is 0 Å². The molecule has 0 saturated heterocycles. The Hall–Kier alpha value is -1.71. The first kappa shape index (κ1) is 11.4. The van der Waals surface area contributed by atoms with Crippen molar-refractivity contribution >= 4 is 21.4 Å². The molecule has 1 aromatic carbocycles. The summed E-state index contributed by atoms with van der Waals surface area (Å²) in [6, 6.07) is 15.1. The van der Waals surface area contributed by atoms with E-state index in [4.69, 9.17) is 0 Å². The zero-order chi connectivity index (χ0) is 12.4. The lowest BCUT2D eigenvalue weighted by molar-refractivity contribution is 0.701. The molecule has 90 valence electrons. The molecule has 0 spiro atoms. The molecule has 1 N–H and O–H groups in total. The first-order valence-corrected chi connectivity index (χ1v) is 6.76. The third kappa shape index (κ3) is 2.03.